The SMILES string of the molecule is C=COC(=O)N1CC2C3(c4ccc(C#N)cc4)CCC(c4ccccc43)C2(C(=O)OC)C1. The Kier molecular flexibility index (Phi) is 4.59. The summed E-state index contributed by atoms with van der Waals surface area (Å²) in [4.78, 5) is 27.8. The fourth-order valence-electron chi connectivity index (χ4n) is 6.76. The highest BCUT2D eigenvalue weighted by Gasteiger charge is 2.71. The summed E-state index contributed by atoms with van der Waals surface area (Å²) in [5.74, 6) is -0.507. The molecule has 4 atom stereocenters. The second-order valence-electron chi connectivity index (χ2n) is 8.85. The molecule has 3 aliphatic carbocycles. The largest absolute Gasteiger partial charge is 0.469 e. The number of nitrogens with zero attached hydrogens (tertiary/aromatic N) is 2. The van der Waals surface area contributed by atoms with Crippen LogP contribution in [0.5, 0.6) is 0 Å². The van der Waals surface area contributed by atoms with E-state index in [1.807, 2.05) is 36.4 Å². The highest BCUT2D eigenvalue weighted by atomic mass is 16.5. The van der Waals surface area contributed by atoms with Gasteiger partial charge in [0, 0.05) is 30.3 Å². The zero-order valence-corrected chi connectivity index (χ0v) is 17.9. The molecule has 1 heterocycles. The maximum atomic E-state index is 13.5. The summed E-state index contributed by atoms with van der Waals surface area (Å²) in [6.07, 6.45) is 2.28. The van der Waals surface area contributed by atoms with E-state index in [0.717, 1.165) is 30.2 Å². The number of amides is 1. The maximum absolute atomic E-state index is 13.5. The van der Waals surface area contributed by atoms with Crippen molar-refractivity contribution in [1.82, 2.24) is 4.90 Å². The number of methoxy groups -OCH3 is 1. The van der Waals surface area contributed by atoms with E-state index in [2.05, 4.69) is 24.8 Å². The van der Waals surface area contributed by atoms with Crippen molar-refractivity contribution in [3.05, 3.63) is 83.6 Å². The van der Waals surface area contributed by atoms with Gasteiger partial charge in [0.05, 0.1) is 30.4 Å². The average Bonchev–Trinajstić information content (AvgIpc) is 3.28. The van der Waals surface area contributed by atoms with E-state index in [1.54, 1.807) is 4.90 Å². The number of benzene rings is 2. The number of carbonyl (C=O) groups excluding carboxylic acids is 2. The number of ether oxygens (including phenoxy) is 2. The lowest BCUT2D eigenvalue weighted by Crippen LogP contribution is -2.60. The quantitative estimate of drug-likeness (QED) is 0.543. The molecule has 0 radical (unpaired) electrons. The first kappa shape index (κ1) is 20.3. The molecule has 6 nitrogen and oxygen atoms in total. The van der Waals surface area contributed by atoms with E-state index in [-0.39, 0.29) is 24.3 Å². The highest BCUT2D eigenvalue weighted by molar-refractivity contribution is 5.84. The van der Waals surface area contributed by atoms with Crippen LogP contribution in [0.2, 0.25) is 0 Å². The van der Waals surface area contributed by atoms with Gasteiger partial charge in [0.2, 0.25) is 0 Å². The van der Waals surface area contributed by atoms with Crippen LogP contribution in [0.25, 0.3) is 0 Å². The van der Waals surface area contributed by atoms with E-state index in [4.69, 9.17) is 9.47 Å². The molecule has 2 fully saturated rings. The van der Waals surface area contributed by atoms with E-state index in [0.29, 0.717) is 12.1 Å². The Hall–Kier alpha value is -3.59. The minimum atomic E-state index is -0.866. The third-order valence-corrected chi connectivity index (χ3v) is 7.88. The van der Waals surface area contributed by atoms with Crippen LogP contribution in [-0.2, 0) is 19.7 Å². The molecular formula is C26H24N2O4. The smallest absolute Gasteiger partial charge is 0.414 e. The van der Waals surface area contributed by atoms with Gasteiger partial charge in [-0.25, -0.2) is 4.79 Å². The van der Waals surface area contributed by atoms with Crippen molar-refractivity contribution in [1.29, 1.82) is 5.26 Å². The Morgan fingerprint density at radius 1 is 1.22 bits per heavy atom. The lowest BCUT2D eigenvalue weighted by Gasteiger charge is -2.59. The predicted molar refractivity (Wildman–Crippen MR) is 117 cm³/mol. The minimum absolute atomic E-state index is 0.0436. The summed E-state index contributed by atoms with van der Waals surface area (Å²) in [5, 5.41) is 9.29. The molecule has 2 bridgehead atoms. The van der Waals surface area contributed by atoms with Crippen LogP contribution in [0.1, 0.15) is 41.0 Å². The molecule has 4 unspecified atom stereocenters. The molecule has 1 saturated carbocycles. The summed E-state index contributed by atoms with van der Waals surface area (Å²) >= 11 is 0. The van der Waals surface area contributed by atoms with E-state index >= 15 is 0 Å². The standard InChI is InChI=1S/C26H24N2O4/c1-3-32-24(30)28-15-22-25(18-10-8-17(14-27)9-11-18)13-12-21(19-6-4-5-7-20(19)25)26(22,16-28)23(29)31-2/h3-11,21-22H,1,12-13,15-16H2,2H3. The molecule has 32 heavy (non-hydrogen) atoms. The molecular weight excluding hydrogens is 404 g/mol. The number of hydrogen-bond acceptors (Lipinski definition) is 5. The Morgan fingerprint density at radius 2 is 1.97 bits per heavy atom. The van der Waals surface area contributed by atoms with Crippen LogP contribution in [0, 0.1) is 22.7 Å². The van der Waals surface area contributed by atoms with Crippen molar-refractivity contribution >= 4 is 12.1 Å². The monoisotopic (exact) mass is 428 g/mol. The van der Waals surface area contributed by atoms with Crippen molar-refractivity contribution in [2.45, 2.75) is 24.2 Å². The first-order valence-corrected chi connectivity index (χ1v) is 10.8. The zero-order valence-electron chi connectivity index (χ0n) is 17.9. The first-order valence-electron chi connectivity index (χ1n) is 10.8. The average molecular weight is 428 g/mol. The number of hydrogen-bond donors (Lipinski definition) is 0. The predicted octanol–water partition coefficient (Wildman–Crippen LogP) is 4.11. The van der Waals surface area contributed by atoms with Gasteiger partial charge in [0.15, 0.2) is 0 Å². The number of nitriles is 1. The Balaban J connectivity index is 1.76. The lowest BCUT2D eigenvalue weighted by atomic mass is 9.42. The molecule has 1 amide bonds. The molecule has 1 saturated heterocycles. The number of esters is 1. The highest BCUT2D eigenvalue weighted by Crippen LogP contribution is 2.69. The van der Waals surface area contributed by atoms with Crippen molar-refractivity contribution in [2.24, 2.45) is 11.3 Å². The maximum Gasteiger partial charge on any atom is 0.414 e. The zero-order chi connectivity index (χ0) is 22.5. The second-order valence-corrected chi connectivity index (χ2v) is 8.85. The molecule has 4 aliphatic rings. The lowest BCUT2D eigenvalue weighted by molar-refractivity contribution is -0.161. The summed E-state index contributed by atoms with van der Waals surface area (Å²) in [6.45, 7) is 4.12. The molecule has 2 aromatic rings. The van der Waals surface area contributed by atoms with Gasteiger partial charge in [-0.1, -0.05) is 43.0 Å². The van der Waals surface area contributed by atoms with Crippen LogP contribution in [0.4, 0.5) is 4.79 Å². The van der Waals surface area contributed by atoms with Crippen LogP contribution in [-0.4, -0.2) is 37.2 Å². The van der Waals surface area contributed by atoms with Crippen molar-refractivity contribution in [3.63, 3.8) is 0 Å². The van der Waals surface area contributed by atoms with Crippen LogP contribution in [0.15, 0.2) is 61.4 Å². The summed E-state index contributed by atoms with van der Waals surface area (Å²) < 4.78 is 10.5. The van der Waals surface area contributed by atoms with Crippen molar-refractivity contribution in [3.8, 4) is 6.07 Å². The van der Waals surface area contributed by atoms with Gasteiger partial charge < -0.3 is 14.4 Å². The van der Waals surface area contributed by atoms with Gasteiger partial charge in [-0.2, -0.15) is 5.26 Å². The first-order chi connectivity index (χ1) is 15.5. The van der Waals surface area contributed by atoms with Gasteiger partial charge in [0.1, 0.15) is 0 Å². The Bertz CT molecular complexity index is 1150. The molecule has 1 aliphatic heterocycles. The fraction of sp³-hybridized carbons (Fsp3) is 0.346. The molecule has 162 valence electrons. The molecule has 0 spiro atoms. The molecule has 0 N–H and O–H groups in total. The molecule has 2 aromatic carbocycles. The van der Waals surface area contributed by atoms with E-state index in [1.165, 1.54) is 12.7 Å². The third kappa shape index (κ3) is 2.45. The third-order valence-electron chi connectivity index (χ3n) is 7.88. The van der Waals surface area contributed by atoms with Gasteiger partial charge in [-0.15, -0.1) is 0 Å². The van der Waals surface area contributed by atoms with Crippen LogP contribution in [0.3, 0.4) is 0 Å². The molecule has 6 rings (SSSR count). The normalized spacial score (nSPS) is 29.4. The van der Waals surface area contributed by atoms with Crippen molar-refractivity contribution in [2.75, 3.05) is 20.2 Å². The number of likely N-dealkylation sites (tertiary alicyclic amines) is 1. The van der Waals surface area contributed by atoms with Gasteiger partial charge >= 0.3 is 12.1 Å². The minimum Gasteiger partial charge on any atom is -0.469 e. The Labute approximate surface area is 187 Å². The summed E-state index contributed by atoms with van der Waals surface area (Å²) in [5.41, 5.74) is 2.64. The Morgan fingerprint density at radius 3 is 2.66 bits per heavy atom. The number of carbonyl (C=O) groups is 2. The molecule has 0 aromatic heterocycles. The number of fused-ring (bicyclic) bond motifs is 1. The van der Waals surface area contributed by atoms with Crippen LogP contribution >= 0.6 is 0 Å². The van der Waals surface area contributed by atoms with E-state index < -0.39 is 16.9 Å². The van der Waals surface area contributed by atoms with Gasteiger partial charge in [-0.3, -0.25) is 4.79 Å². The van der Waals surface area contributed by atoms with Gasteiger partial charge in [-0.05, 0) is 41.7 Å². The summed E-state index contributed by atoms with van der Waals surface area (Å²) in [7, 11) is 1.42. The fourth-order valence-corrected chi connectivity index (χ4v) is 6.76. The van der Waals surface area contributed by atoms with Crippen LogP contribution < -0.4 is 0 Å². The second kappa shape index (κ2) is 7.23. The number of rotatable bonds is 3. The van der Waals surface area contributed by atoms with E-state index in [9.17, 15) is 14.9 Å². The van der Waals surface area contributed by atoms with Gasteiger partial charge in [0.25, 0.3) is 0 Å². The van der Waals surface area contributed by atoms with Crippen molar-refractivity contribution < 1.29 is 19.1 Å². The molecule has 6 heteroatoms. The summed E-state index contributed by atoms with van der Waals surface area (Å²) in [6, 6.07) is 18.1. The topological polar surface area (TPSA) is 79.6 Å².